The minimum absolute atomic E-state index is 0.199. The first-order valence-corrected chi connectivity index (χ1v) is 20.0. The molecule has 6 nitrogen and oxygen atoms in total. The molecule has 2 aromatic rings. The molecule has 2 aromatic carbocycles. The van der Waals surface area contributed by atoms with E-state index in [1.54, 1.807) is 0 Å². The van der Waals surface area contributed by atoms with Gasteiger partial charge in [0.25, 0.3) is 0 Å². The molecule has 4 rings (SSSR count). The van der Waals surface area contributed by atoms with Gasteiger partial charge in [-0.25, -0.2) is 0 Å². The van der Waals surface area contributed by atoms with Crippen LogP contribution in [0.2, 0.25) is 0 Å². The number of aliphatic hydroxyl groups is 4. The number of hydrogen-bond acceptors (Lipinski definition) is 6. The molecule has 264 valence electrons. The quantitative estimate of drug-likeness (QED) is 0.239. The second kappa shape index (κ2) is 13.1. The number of aliphatic hydroxyl groups excluding tert-OH is 4. The fraction of sp³-hybridized carbons (Fsp3) is 0.692. The van der Waals surface area contributed by atoms with Gasteiger partial charge in [0.2, 0.25) is 0 Å². The van der Waals surface area contributed by atoms with E-state index in [1.165, 1.54) is 0 Å². The highest BCUT2D eigenvalue weighted by atomic mass is 31.1. The summed E-state index contributed by atoms with van der Waals surface area (Å²) >= 11 is 0. The molecule has 0 aliphatic carbocycles. The smallest absolute Gasteiger partial charge is 0.146 e. The molecule has 2 aliphatic heterocycles. The maximum Gasteiger partial charge on any atom is 0.146 e. The number of benzene rings is 2. The van der Waals surface area contributed by atoms with Crippen molar-refractivity contribution in [2.75, 3.05) is 0 Å². The molecule has 2 aliphatic rings. The van der Waals surface area contributed by atoms with Gasteiger partial charge in [0, 0.05) is 22.3 Å². The Kier molecular flexibility index (Phi) is 10.8. The lowest BCUT2D eigenvalue weighted by molar-refractivity contribution is 0.00320. The molecule has 0 saturated carbocycles. The van der Waals surface area contributed by atoms with Crippen LogP contribution in [0.25, 0.3) is 0 Å². The van der Waals surface area contributed by atoms with Crippen LogP contribution in [0, 0.1) is 19.3 Å². The van der Waals surface area contributed by atoms with Crippen LogP contribution < -0.4 is 9.05 Å². The lowest BCUT2D eigenvalue weighted by Crippen LogP contribution is -2.45. The highest BCUT2D eigenvalue weighted by Gasteiger charge is 2.54. The Hall–Kier alpha value is -1.26. The van der Waals surface area contributed by atoms with Crippen molar-refractivity contribution in [1.82, 2.24) is 0 Å². The molecule has 0 amide bonds. The van der Waals surface area contributed by atoms with Crippen LogP contribution in [0.4, 0.5) is 0 Å². The summed E-state index contributed by atoms with van der Waals surface area (Å²) < 4.78 is 13.5. The molecule has 0 bridgehead atoms. The second-order valence-corrected chi connectivity index (χ2v) is 22.7. The number of hydrogen-bond donors (Lipinski definition) is 4. The molecule has 2 saturated heterocycles. The highest BCUT2D eigenvalue weighted by Crippen LogP contribution is 2.67. The molecule has 4 N–H and O–H groups in total. The normalized spacial score (nSPS) is 29.2. The molecule has 4 unspecified atom stereocenters. The maximum absolute atomic E-state index is 11.7. The average Bonchev–Trinajstić information content (AvgIpc) is 2.86. The van der Waals surface area contributed by atoms with E-state index in [0.717, 1.165) is 44.9 Å². The van der Waals surface area contributed by atoms with Gasteiger partial charge >= 0.3 is 0 Å². The molecule has 4 atom stereocenters. The van der Waals surface area contributed by atoms with E-state index in [9.17, 15) is 20.4 Å². The van der Waals surface area contributed by atoms with Crippen molar-refractivity contribution >= 4 is 16.3 Å². The van der Waals surface area contributed by atoms with Gasteiger partial charge in [0.1, 0.15) is 51.2 Å². The van der Waals surface area contributed by atoms with Crippen molar-refractivity contribution < 1.29 is 29.5 Å². The van der Waals surface area contributed by atoms with Crippen LogP contribution in [0.15, 0.2) is 24.3 Å². The van der Waals surface area contributed by atoms with Crippen molar-refractivity contribution in [1.29, 1.82) is 0 Å². The van der Waals surface area contributed by atoms with Gasteiger partial charge in [-0.1, -0.05) is 118 Å². The first kappa shape index (κ1) is 38.5. The molecule has 0 aromatic heterocycles. The summed E-state index contributed by atoms with van der Waals surface area (Å²) in [7, 11) is -3.31. The average molecular weight is 689 g/mol. The monoisotopic (exact) mass is 688 g/mol. The Morgan fingerprint density at radius 2 is 0.702 bits per heavy atom. The van der Waals surface area contributed by atoms with Crippen molar-refractivity contribution in [2.24, 2.45) is 5.41 Å². The van der Waals surface area contributed by atoms with Crippen molar-refractivity contribution in [3.8, 4) is 11.5 Å². The SMILES string of the molecule is Cc1cc(C(C)(C)C)c(OP2C(O)CC3(CC2O)CC(O)P(Oc2c(C(C)(C)C)cc(C)cc2C(C)(C)C)C(O)C3)c(C(C)(C)C)c1. The molecule has 47 heavy (non-hydrogen) atoms. The first-order chi connectivity index (χ1) is 21.2. The van der Waals surface area contributed by atoms with Crippen molar-refractivity contribution in [3.63, 3.8) is 0 Å². The molecule has 1 spiro atoms. The zero-order valence-electron chi connectivity index (χ0n) is 31.4. The third-order valence-corrected chi connectivity index (χ3v) is 13.6. The predicted molar refractivity (Wildman–Crippen MR) is 197 cm³/mol. The van der Waals surface area contributed by atoms with Gasteiger partial charge in [-0.05, 0) is 66.6 Å². The fourth-order valence-electron chi connectivity index (χ4n) is 7.23. The van der Waals surface area contributed by atoms with Crippen LogP contribution in [-0.4, -0.2) is 43.8 Å². The molecular weight excluding hydrogens is 626 g/mol. The maximum atomic E-state index is 11.7. The van der Waals surface area contributed by atoms with Gasteiger partial charge in [0.15, 0.2) is 0 Å². The zero-order chi connectivity index (χ0) is 35.7. The van der Waals surface area contributed by atoms with Crippen molar-refractivity contribution in [2.45, 2.75) is 168 Å². The molecule has 0 radical (unpaired) electrons. The summed E-state index contributed by atoms with van der Waals surface area (Å²) in [5.41, 5.74) is 5.16. The van der Waals surface area contributed by atoms with Gasteiger partial charge in [-0.3, -0.25) is 0 Å². The Morgan fingerprint density at radius 3 is 0.894 bits per heavy atom. The topological polar surface area (TPSA) is 99.4 Å². The van der Waals surface area contributed by atoms with Crippen LogP contribution in [0.5, 0.6) is 11.5 Å². The summed E-state index contributed by atoms with van der Waals surface area (Å²) in [6.45, 7) is 30.1. The zero-order valence-corrected chi connectivity index (χ0v) is 33.2. The highest BCUT2D eigenvalue weighted by molar-refractivity contribution is 7.54. The van der Waals surface area contributed by atoms with E-state index in [-0.39, 0.29) is 21.7 Å². The van der Waals surface area contributed by atoms with Gasteiger partial charge in [-0.2, -0.15) is 0 Å². The minimum atomic E-state index is -1.65. The summed E-state index contributed by atoms with van der Waals surface area (Å²) in [5.74, 6) is -2.10. The second-order valence-electron chi connectivity index (χ2n) is 18.5. The van der Waals surface area contributed by atoms with Gasteiger partial charge in [-0.15, -0.1) is 0 Å². The van der Waals surface area contributed by atoms with Crippen LogP contribution in [0.1, 0.15) is 142 Å². The standard InChI is InChI=1S/C39H62O6P2/c1-23-15-25(35(3,4)5)33(26(16-23)36(6,7)8)44-46-29(40)19-39(20-30(46)41)21-31(42)47(32(43)22-39)45-34-27(37(9,10)11)17-24(2)18-28(34)38(12,13)14/h15-18,29-32,40-43H,19-22H2,1-14H3. The lowest BCUT2D eigenvalue weighted by Gasteiger charge is -2.51. The Bertz CT molecular complexity index is 1230. The summed E-state index contributed by atoms with van der Waals surface area (Å²) in [4.78, 5) is 0. The summed E-state index contributed by atoms with van der Waals surface area (Å²) in [6.07, 6.45) is 1.39. The van der Waals surface area contributed by atoms with E-state index >= 15 is 0 Å². The molecule has 2 heterocycles. The van der Waals surface area contributed by atoms with E-state index in [4.69, 9.17) is 9.05 Å². The van der Waals surface area contributed by atoms with Gasteiger partial charge in [0.05, 0.1) is 0 Å². The van der Waals surface area contributed by atoms with Crippen molar-refractivity contribution in [3.05, 3.63) is 57.6 Å². The Morgan fingerprint density at radius 1 is 0.489 bits per heavy atom. The molecular formula is C39H62O6P2. The van der Waals surface area contributed by atoms with E-state index in [2.05, 4.69) is 121 Å². The Labute approximate surface area is 287 Å². The van der Waals surface area contributed by atoms with Crippen LogP contribution in [-0.2, 0) is 21.7 Å². The molecule has 8 heteroatoms. The van der Waals surface area contributed by atoms with E-state index in [1.807, 2.05) is 0 Å². The predicted octanol–water partition coefficient (Wildman–Crippen LogP) is 9.59. The largest absolute Gasteiger partial charge is 0.468 e. The third kappa shape index (κ3) is 8.38. The number of rotatable bonds is 4. The summed E-state index contributed by atoms with van der Waals surface area (Å²) in [6, 6.07) is 8.63. The first-order valence-electron chi connectivity index (χ1n) is 17.2. The minimum Gasteiger partial charge on any atom is -0.468 e. The van der Waals surface area contributed by atoms with E-state index in [0.29, 0.717) is 25.7 Å². The van der Waals surface area contributed by atoms with Crippen LogP contribution >= 0.6 is 16.3 Å². The lowest BCUT2D eigenvalue weighted by atomic mass is 9.75. The fourth-order valence-corrected chi connectivity index (χ4v) is 11.6. The number of aryl methyl sites for hydroxylation is 2. The molecule has 2 fully saturated rings. The van der Waals surface area contributed by atoms with E-state index < -0.39 is 45.1 Å². The summed E-state index contributed by atoms with van der Waals surface area (Å²) in [5, 5.41) is 46.7. The third-order valence-electron chi connectivity index (χ3n) is 9.73. The Balaban J connectivity index is 1.61. The van der Waals surface area contributed by atoms with Gasteiger partial charge < -0.3 is 29.5 Å². The van der Waals surface area contributed by atoms with Crippen LogP contribution in [0.3, 0.4) is 0 Å².